The van der Waals surface area contributed by atoms with Crippen LogP contribution in [-0.2, 0) is 0 Å². The lowest BCUT2D eigenvalue weighted by Gasteiger charge is -2.20. The van der Waals surface area contributed by atoms with E-state index in [2.05, 4.69) is 4.98 Å². The van der Waals surface area contributed by atoms with Crippen LogP contribution in [0.25, 0.3) is 11.3 Å². The van der Waals surface area contributed by atoms with E-state index in [0.29, 0.717) is 11.1 Å². The minimum Gasteiger partial charge on any atom is -0.269 e. The van der Waals surface area contributed by atoms with Crippen LogP contribution >= 0.6 is 11.3 Å². The van der Waals surface area contributed by atoms with Gasteiger partial charge in [-0.05, 0) is 19.1 Å². The number of thiazole rings is 1. The Labute approximate surface area is 143 Å². The monoisotopic (exact) mass is 334 g/mol. The first-order valence-electron chi connectivity index (χ1n) is 7.64. The number of carbonyl (C=O) groups excluding carboxylic acids is 2. The molecule has 1 atom stereocenters. The second-order valence-corrected chi connectivity index (χ2v) is 6.53. The average Bonchev–Trinajstić information content (AvgIpc) is 3.20. The number of benzene rings is 2. The molecule has 2 aromatic carbocycles. The molecule has 0 aliphatic carbocycles. The van der Waals surface area contributed by atoms with E-state index in [1.165, 1.54) is 16.2 Å². The number of amides is 2. The van der Waals surface area contributed by atoms with Gasteiger partial charge in [0.05, 0.1) is 22.9 Å². The molecular weight excluding hydrogens is 320 g/mol. The highest BCUT2D eigenvalue weighted by atomic mass is 32.1. The lowest BCUT2D eigenvalue weighted by Crippen LogP contribution is -2.32. The van der Waals surface area contributed by atoms with Crippen LogP contribution in [-0.4, -0.2) is 21.7 Å². The summed E-state index contributed by atoms with van der Waals surface area (Å²) >= 11 is 1.46. The van der Waals surface area contributed by atoms with Crippen LogP contribution in [0.15, 0.2) is 60.0 Å². The van der Waals surface area contributed by atoms with Crippen molar-refractivity contribution in [1.82, 2.24) is 9.88 Å². The van der Waals surface area contributed by atoms with Crippen molar-refractivity contribution in [3.05, 3.63) is 76.1 Å². The maximum absolute atomic E-state index is 12.6. The number of hydrogen-bond acceptors (Lipinski definition) is 4. The van der Waals surface area contributed by atoms with Gasteiger partial charge in [0.1, 0.15) is 5.01 Å². The van der Waals surface area contributed by atoms with Gasteiger partial charge in [-0.1, -0.05) is 42.5 Å². The lowest BCUT2D eigenvalue weighted by molar-refractivity contribution is 0.0595. The van der Waals surface area contributed by atoms with Crippen LogP contribution in [0.4, 0.5) is 0 Å². The minimum atomic E-state index is -0.389. The third-order valence-electron chi connectivity index (χ3n) is 4.16. The fourth-order valence-corrected chi connectivity index (χ4v) is 3.77. The summed E-state index contributed by atoms with van der Waals surface area (Å²) in [6.07, 6.45) is 0. The molecule has 118 valence electrons. The fourth-order valence-electron chi connectivity index (χ4n) is 2.89. The molecule has 2 amide bonds. The zero-order valence-corrected chi connectivity index (χ0v) is 13.8. The third-order valence-corrected chi connectivity index (χ3v) is 5.18. The number of hydrogen-bond donors (Lipinski definition) is 0. The van der Waals surface area contributed by atoms with Gasteiger partial charge >= 0.3 is 0 Å². The molecule has 0 bridgehead atoms. The summed E-state index contributed by atoms with van der Waals surface area (Å²) in [5, 5.41) is 2.71. The third kappa shape index (κ3) is 2.25. The van der Waals surface area contributed by atoms with Crippen molar-refractivity contribution in [2.24, 2.45) is 0 Å². The first-order chi connectivity index (χ1) is 11.7. The quantitative estimate of drug-likeness (QED) is 0.676. The molecule has 1 unspecified atom stereocenters. The fraction of sp³-hybridized carbons (Fsp3) is 0.105. The van der Waals surface area contributed by atoms with E-state index < -0.39 is 0 Å². The van der Waals surface area contributed by atoms with Crippen LogP contribution < -0.4 is 0 Å². The van der Waals surface area contributed by atoms with Crippen LogP contribution in [0, 0.1) is 0 Å². The molecule has 3 aromatic rings. The topological polar surface area (TPSA) is 50.3 Å². The number of imide groups is 1. The van der Waals surface area contributed by atoms with Gasteiger partial charge in [-0.25, -0.2) is 4.98 Å². The average molecular weight is 334 g/mol. The van der Waals surface area contributed by atoms with Crippen molar-refractivity contribution in [2.75, 3.05) is 0 Å². The predicted octanol–water partition coefficient (Wildman–Crippen LogP) is 4.17. The Morgan fingerprint density at radius 3 is 2.12 bits per heavy atom. The van der Waals surface area contributed by atoms with E-state index in [1.807, 2.05) is 42.6 Å². The number of nitrogens with zero attached hydrogens (tertiary/aromatic N) is 2. The van der Waals surface area contributed by atoms with Gasteiger partial charge in [0.15, 0.2) is 0 Å². The zero-order chi connectivity index (χ0) is 16.7. The van der Waals surface area contributed by atoms with Gasteiger partial charge < -0.3 is 0 Å². The SMILES string of the molecule is CC(c1nc(-c2ccccc2)cs1)N1C(=O)c2ccccc2C1=O. The van der Waals surface area contributed by atoms with Crippen LogP contribution in [0.1, 0.15) is 38.7 Å². The molecule has 4 rings (SSSR count). The second kappa shape index (κ2) is 5.69. The molecule has 0 saturated carbocycles. The number of rotatable bonds is 3. The predicted molar refractivity (Wildman–Crippen MR) is 92.9 cm³/mol. The van der Waals surface area contributed by atoms with Crippen molar-refractivity contribution < 1.29 is 9.59 Å². The highest BCUT2D eigenvalue weighted by Gasteiger charge is 2.39. The van der Waals surface area contributed by atoms with E-state index in [4.69, 9.17) is 0 Å². The van der Waals surface area contributed by atoms with E-state index in [-0.39, 0.29) is 17.9 Å². The second-order valence-electron chi connectivity index (χ2n) is 5.64. The van der Waals surface area contributed by atoms with E-state index in [0.717, 1.165) is 16.3 Å². The Kier molecular flexibility index (Phi) is 3.50. The summed E-state index contributed by atoms with van der Waals surface area (Å²) in [4.78, 5) is 31.1. The Morgan fingerprint density at radius 1 is 0.917 bits per heavy atom. The van der Waals surface area contributed by atoms with Gasteiger partial charge in [0, 0.05) is 10.9 Å². The highest BCUT2D eigenvalue weighted by Crippen LogP contribution is 2.33. The Bertz CT molecular complexity index is 898. The number of carbonyl (C=O) groups is 2. The zero-order valence-electron chi connectivity index (χ0n) is 13.0. The number of aromatic nitrogens is 1. The van der Waals surface area contributed by atoms with E-state index in [1.54, 1.807) is 24.3 Å². The van der Waals surface area contributed by atoms with Gasteiger partial charge in [-0.2, -0.15) is 0 Å². The molecule has 0 N–H and O–H groups in total. The molecule has 0 spiro atoms. The molecule has 1 aliphatic rings. The molecule has 5 heteroatoms. The summed E-state index contributed by atoms with van der Waals surface area (Å²) < 4.78 is 0. The molecule has 0 saturated heterocycles. The molecule has 0 radical (unpaired) electrons. The molecule has 4 nitrogen and oxygen atoms in total. The van der Waals surface area contributed by atoms with Crippen molar-refractivity contribution >= 4 is 23.2 Å². The Morgan fingerprint density at radius 2 is 1.50 bits per heavy atom. The van der Waals surface area contributed by atoms with Crippen molar-refractivity contribution in [3.63, 3.8) is 0 Å². The molecular formula is C19H14N2O2S. The Hall–Kier alpha value is -2.79. The van der Waals surface area contributed by atoms with Gasteiger partial charge in [-0.3, -0.25) is 14.5 Å². The van der Waals surface area contributed by atoms with E-state index in [9.17, 15) is 9.59 Å². The highest BCUT2D eigenvalue weighted by molar-refractivity contribution is 7.10. The summed E-state index contributed by atoms with van der Waals surface area (Å²) in [6, 6.07) is 16.4. The van der Waals surface area contributed by atoms with Crippen LogP contribution in [0.5, 0.6) is 0 Å². The van der Waals surface area contributed by atoms with Crippen molar-refractivity contribution in [2.45, 2.75) is 13.0 Å². The van der Waals surface area contributed by atoms with Crippen molar-refractivity contribution in [3.8, 4) is 11.3 Å². The van der Waals surface area contributed by atoms with E-state index >= 15 is 0 Å². The standard InChI is InChI=1S/C19H14N2O2S/c1-12(17-20-16(11-24-17)13-7-3-2-4-8-13)21-18(22)14-9-5-6-10-15(14)19(21)23/h2-12H,1H3. The smallest absolute Gasteiger partial charge is 0.262 e. The van der Waals surface area contributed by atoms with Crippen molar-refractivity contribution in [1.29, 1.82) is 0 Å². The Balaban J connectivity index is 1.66. The summed E-state index contributed by atoms with van der Waals surface area (Å²) in [7, 11) is 0. The molecule has 2 heterocycles. The molecule has 0 fully saturated rings. The van der Waals surface area contributed by atoms with Gasteiger partial charge in [0.25, 0.3) is 11.8 Å². The first-order valence-corrected chi connectivity index (χ1v) is 8.52. The normalized spacial score (nSPS) is 14.8. The molecule has 24 heavy (non-hydrogen) atoms. The summed E-state index contributed by atoms with van der Waals surface area (Å²) in [5.74, 6) is -0.501. The van der Waals surface area contributed by atoms with Gasteiger partial charge in [-0.15, -0.1) is 11.3 Å². The van der Waals surface area contributed by atoms with Crippen LogP contribution in [0.3, 0.4) is 0 Å². The maximum atomic E-state index is 12.6. The lowest BCUT2D eigenvalue weighted by atomic mass is 10.1. The summed E-state index contributed by atoms with van der Waals surface area (Å²) in [5.41, 5.74) is 2.82. The molecule has 1 aromatic heterocycles. The maximum Gasteiger partial charge on any atom is 0.262 e. The van der Waals surface area contributed by atoms with Crippen LogP contribution in [0.2, 0.25) is 0 Å². The molecule has 1 aliphatic heterocycles. The number of fused-ring (bicyclic) bond motifs is 1. The largest absolute Gasteiger partial charge is 0.269 e. The summed E-state index contributed by atoms with van der Waals surface area (Å²) in [6.45, 7) is 1.84. The first kappa shape index (κ1) is 14.8. The van der Waals surface area contributed by atoms with Gasteiger partial charge in [0.2, 0.25) is 0 Å². The minimum absolute atomic E-state index is 0.250.